The van der Waals surface area contributed by atoms with Crippen molar-refractivity contribution in [3.8, 4) is 17.2 Å². The van der Waals surface area contributed by atoms with Crippen LogP contribution in [0.3, 0.4) is 0 Å². The number of nitrogens with zero attached hydrogens (tertiary/aromatic N) is 2. The Labute approximate surface area is 238 Å². The summed E-state index contributed by atoms with van der Waals surface area (Å²) in [7, 11) is 3.56. The topological polar surface area (TPSA) is 107 Å². The Hall–Kier alpha value is -2.56. The molecule has 0 aromatic heterocycles. The van der Waals surface area contributed by atoms with Crippen LogP contribution in [0, 0.1) is 11.3 Å². The lowest BCUT2D eigenvalue weighted by Gasteiger charge is -2.35. The molecule has 0 spiro atoms. The number of hydrogen-bond acceptors (Lipinski definition) is 8. The molecule has 0 saturated carbocycles. The van der Waals surface area contributed by atoms with Crippen molar-refractivity contribution in [3.05, 3.63) is 17.7 Å². The predicted molar refractivity (Wildman–Crippen MR) is 151 cm³/mol. The van der Waals surface area contributed by atoms with E-state index >= 15 is 0 Å². The molecule has 1 aromatic carbocycles. The first-order valence-corrected chi connectivity index (χ1v) is 14.5. The van der Waals surface area contributed by atoms with Crippen LogP contribution >= 0.6 is 0 Å². The molecule has 3 unspecified atom stereocenters. The standard InChI is InChI=1S/C21H29NO7.C9H19NO/c1-21(2,20-26-5-6-27-20)9-14-17(19(23)24)13(10-22(14)3)12-7-15(25-4)18-16(8-12)28-11-29-18;1-3-5-7-10(9-11)8-6-4-2/h7-8,13-14,17,20H,5-6,9-11H2,1-4H3,(H,23,24);9H,3-8H2,1-2H3. The van der Waals surface area contributed by atoms with Gasteiger partial charge in [-0.1, -0.05) is 40.5 Å². The number of hydrogen-bond donors (Lipinski definition) is 1. The van der Waals surface area contributed by atoms with Crippen LogP contribution in [-0.2, 0) is 19.1 Å². The number of amides is 1. The van der Waals surface area contributed by atoms with E-state index in [0.29, 0.717) is 43.4 Å². The molecule has 10 nitrogen and oxygen atoms in total. The van der Waals surface area contributed by atoms with E-state index < -0.39 is 11.9 Å². The first-order chi connectivity index (χ1) is 19.2. The third kappa shape index (κ3) is 7.79. The van der Waals surface area contributed by atoms with E-state index in [4.69, 9.17) is 23.7 Å². The van der Waals surface area contributed by atoms with Gasteiger partial charge in [-0.3, -0.25) is 9.59 Å². The molecule has 226 valence electrons. The zero-order valence-corrected chi connectivity index (χ0v) is 25.0. The summed E-state index contributed by atoms with van der Waals surface area (Å²) in [6.45, 7) is 12.2. The van der Waals surface area contributed by atoms with Gasteiger partial charge in [0.2, 0.25) is 19.0 Å². The number of ether oxygens (including phenoxy) is 5. The molecule has 2 saturated heterocycles. The number of fused-ring (bicyclic) bond motifs is 1. The molecule has 0 bridgehead atoms. The largest absolute Gasteiger partial charge is 0.493 e. The normalized spacial score (nSPS) is 22.6. The molecule has 3 aliphatic heterocycles. The summed E-state index contributed by atoms with van der Waals surface area (Å²) in [4.78, 5) is 26.8. The van der Waals surface area contributed by atoms with Gasteiger partial charge >= 0.3 is 5.97 Å². The van der Waals surface area contributed by atoms with Crippen molar-refractivity contribution in [2.75, 3.05) is 53.8 Å². The highest BCUT2D eigenvalue weighted by Gasteiger charge is 2.49. The molecular formula is C30H48N2O8. The summed E-state index contributed by atoms with van der Waals surface area (Å²) in [6.07, 6.45) is 5.89. The number of methoxy groups -OCH3 is 1. The fourth-order valence-electron chi connectivity index (χ4n) is 5.78. The summed E-state index contributed by atoms with van der Waals surface area (Å²) >= 11 is 0. The summed E-state index contributed by atoms with van der Waals surface area (Å²) in [6, 6.07) is 3.62. The molecule has 10 heteroatoms. The van der Waals surface area contributed by atoms with Crippen molar-refractivity contribution in [2.24, 2.45) is 11.3 Å². The predicted octanol–water partition coefficient (Wildman–Crippen LogP) is 4.36. The number of carbonyl (C=O) groups is 2. The first-order valence-electron chi connectivity index (χ1n) is 14.5. The number of aliphatic carboxylic acids is 1. The van der Waals surface area contributed by atoms with E-state index in [1.165, 1.54) is 0 Å². The molecule has 3 heterocycles. The molecule has 1 aromatic rings. The highest BCUT2D eigenvalue weighted by atomic mass is 16.7. The lowest BCUT2D eigenvalue weighted by atomic mass is 9.77. The molecule has 1 N–H and O–H groups in total. The highest BCUT2D eigenvalue weighted by Crippen LogP contribution is 2.48. The summed E-state index contributed by atoms with van der Waals surface area (Å²) in [5.41, 5.74) is 0.587. The number of benzene rings is 1. The molecule has 0 radical (unpaired) electrons. The van der Waals surface area contributed by atoms with E-state index in [-0.39, 0.29) is 30.5 Å². The van der Waals surface area contributed by atoms with Gasteiger partial charge in [0.25, 0.3) is 0 Å². The number of unbranched alkanes of at least 4 members (excludes halogenated alkanes) is 2. The van der Waals surface area contributed by atoms with Crippen LogP contribution in [0.15, 0.2) is 12.1 Å². The van der Waals surface area contributed by atoms with E-state index in [1.54, 1.807) is 7.11 Å². The summed E-state index contributed by atoms with van der Waals surface area (Å²) < 4.78 is 27.9. The minimum Gasteiger partial charge on any atom is -0.493 e. The number of carbonyl (C=O) groups excluding carboxylic acids is 1. The monoisotopic (exact) mass is 564 g/mol. The fraction of sp³-hybridized carbons (Fsp3) is 0.733. The smallest absolute Gasteiger partial charge is 0.308 e. The van der Waals surface area contributed by atoms with Crippen LogP contribution in [0.1, 0.15) is 71.3 Å². The van der Waals surface area contributed by atoms with Crippen molar-refractivity contribution in [2.45, 2.75) is 78.0 Å². The Morgan fingerprint density at radius 2 is 1.80 bits per heavy atom. The van der Waals surface area contributed by atoms with Crippen LogP contribution in [0.2, 0.25) is 0 Å². The van der Waals surface area contributed by atoms with Crippen molar-refractivity contribution >= 4 is 12.4 Å². The third-order valence-corrected chi connectivity index (χ3v) is 8.03. The maximum atomic E-state index is 12.4. The maximum Gasteiger partial charge on any atom is 0.308 e. The molecule has 3 atom stereocenters. The number of likely N-dealkylation sites (N-methyl/N-ethyl adjacent to an activating group) is 1. The Bertz CT molecular complexity index is 957. The Morgan fingerprint density at radius 3 is 2.35 bits per heavy atom. The molecular weight excluding hydrogens is 516 g/mol. The summed E-state index contributed by atoms with van der Waals surface area (Å²) in [5, 5.41) is 10.1. The Balaban J connectivity index is 0.000000342. The quantitative estimate of drug-likeness (QED) is 0.350. The first kappa shape index (κ1) is 32.0. The average Bonchev–Trinajstić information content (AvgIpc) is 3.70. The molecule has 1 amide bonds. The maximum absolute atomic E-state index is 12.4. The molecule has 40 heavy (non-hydrogen) atoms. The fourth-order valence-corrected chi connectivity index (χ4v) is 5.78. The Morgan fingerprint density at radius 1 is 1.15 bits per heavy atom. The van der Waals surface area contributed by atoms with Crippen LogP contribution in [0.5, 0.6) is 17.2 Å². The van der Waals surface area contributed by atoms with E-state index in [0.717, 1.165) is 50.7 Å². The van der Waals surface area contributed by atoms with E-state index in [1.807, 2.05) is 24.1 Å². The number of rotatable bonds is 13. The average molecular weight is 565 g/mol. The lowest BCUT2D eigenvalue weighted by Crippen LogP contribution is -2.41. The minimum absolute atomic E-state index is 0.139. The van der Waals surface area contributed by atoms with Crippen molar-refractivity contribution in [1.29, 1.82) is 0 Å². The molecule has 0 aliphatic carbocycles. The van der Waals surface area contributed by atoms with Gasteiger partial charge in [-0.2, -0.15) is 0 Å². The van der Waals surface area contributed by atoms with E-state index in [9.17, 15) is 14.7 Å². The zero-order chi connectivity index (χ0) is 29.3. The zero-order valence-electron chi connectivity index (χ0n) is 25.0. The van der Waals surface area contributed by atoms with Crippen LogP contribution in [0.4, 0.5) is 0 Å². The van der Waals surface area contributed by atoms with Crippen LogP contribution in [-0.4, -0.2) is 93.4 Å². The number of likely N-dealkylation sites (tertiary alicyclic amines) is 1. The molecule has 3 aliphatic rings. The van der Waals surface area contributed by atoms with Gasteiger partial charge in [-0.25, -0.2) is 0 Å². The third-order valence-electron chi connectivity index (χ3n) is 8.03. The lowest BCUT2D eigenvalue weighted by molar-refractivity contribution is -0.146. The highest BCUT2D eigenvalue weighted by molar-refractivity contribution is 5.73. The van der Waals surface area contributed by atoms with Crippen molar-refractivity contribution in [1.82, 2.24) is 9.80 Å². The van der Waals surface area contributed by atoms with Gasteiger partial charge in [0.05, 0.1) is 26.2 Å². The molecule has 4 rings (SSSR count). The van der Waals surface area contributed by atoms with Gasteiger partial charge in [-0.15, -0.1) is 0 Å². The second kappa shape index (κ2) is 14.9. The molecule has 2 fully saturated rings. The van der Waals surface area contributed by atoms with E-state index in [2.05, 4.69) is 32.6 Å². The van der Waals surface area contributed by atoms with Gasteiger partial charge < -0.3 is 38.6 Å². The summed E-state index contributed by atoms with van der Waals surface area (Å²) in [5.74, 6) is 0.187. The second-order valence-electron chi connectivity index (χ2n) is 11.5. The number of carboxylic acid groups (broad SMARTS) is 1. The SMILES string of the molecule is CCCCN(C=O)CCCC.COc1cc(C2CN(C)C(CC(C)(C)C3OCCO3)C2C(=O)O)cc2c1OCO2. The van der Waals surface area contributed by atoms with Crippen molar-refractivity contribution in [3.63, 3.8) is 0 Å². The van der Waals surface area contributed by atoms with Gasteiger partial charge in [-0.05, 0) is 44.0 Å². The number of carboxylic acids is 1. The second-order valence-corrected chi connectivity index (χ2v) is 11.5. The Kier molecular flexibility index (Phi) is 11.9. The van der Waals surface area contributed by atoms with Crippen LogP contribution in [0.25, 0.3) is 0 Å². The van der Waals surface area contributed by atoms with Gasteiger partial charge in [0, 0.05) is 37.0 Å². The van der Waals surface area contributed by atoms with Crippen molar-refractivity contribution < 1.29 is 38.4 Å². The van der Waals surface area contributed by atoms with Gasteiger partial charge in [0.1, 0.15) is 0 Å². The van der Waals surface area contributed by atoms with Crippen LogP contribution < -0.4 is 14.2 Å². The minimum atomic E-state index is -0.801. The van der Waals surface area contributed by atoms with Gasteiger partial charge in [0.15, 0.2) is 17.8 Å².